The van der Waals surface area contributed by atoms with Crippen LogP contribution < -0.4 is 0 Å². The summed E-state index contributed by atoms with van der Waals surface area (Å²) < 4.78 is 19.0. The number of hydrogen-bond donors (Lipinski definition) is 1. The SMILES string of the molecule is Cc1onc(-c2ccccc2F)c1-c1c[nH]cn1. The van der Waals surface area contributed by atoms with Crippen molar-refractivity contribution >= 4 is 0 Å². The van der Waals surface area contributed by atoms with Gasteiger partial charge in [-0.05, 0) is 19.1 Å². The van der Waals surface area contributed by atoms with E-state index in [2.05, 4.69) is 15.1 Å². The zero-order chi connectivity index (χ0) is 12.5. The molecule has 0 spiro atoms. The highest BCUT2D eigenvalue weighted by molar-refractivity contribution is 5.80. The number of aryl methyl sites for hydroxylation is 1. The number of aromatic amines is 1. The van der Waals surface area contributed by atoms with Crippen molar-refractivity contribution in [3.8, 4) is 22.5 Å². The third kappa shape index (κ3) is 1.60. The predicted molar refractivity (Wildman–Crippen MR) is 64.2 cm³/mol. The van der Waals surface area contributed by atoms with Crippen molar-refractivity contribution in [2.75, 3.05) is 0 Å². The highest BCUT2D eigenvalue weighted by Gasteiger charge is 2.19. The van der Waals surface area contributed by atoms with Gasteiger partial charge in [-0.3, -0.25) is 0 Å². The molecule has 3 aromatic rings. The van der Waals surface area contributed by atoms with Crippen LogP contribution in [0.4, 0.5) is 4.39 Å². The number of imidazole rings is 1. The second-order valence-electron chi connectivity index (χ2n) is 3.90. The molecule has 2 aromatic heterocycles. The number of rotatable bonds is 2. The van der Waals surface area contributed by atoms with Gasteiger partial charge < -0.3 is 9.51 Å². The van der Waals surface area contributed by atoms with Crippen LogP contribution in [0, 0.1) is 12.7 Å². The molecule has 3 rings (SSSR count). The van der Waals surface area contributed by atoms with Crippen LogP contribution in [0.2, 0.25) is 0 Å². The predicted octanol–water partition coefficient (Wildman–Crippen LogP) is 3.18. The summed E-state index contributed by atoms with van der Waals surface area (Å²) in [6, 6.07) is 6.47. The number of H-pyrrole nitrogens is 1. The van der Waals surface area contributed by atoms with E-state index in [1.807, 2.05) is 0 Å². The van der Waals surface area contributed by atoms with Gasteiger partial charge >= 0.3 is 0 Å². The first-order chi connectivity index (χ1) is 8.77. The van der Waals surface area contributed by atoms with Crippen molar-refractivity contribution in [3.63, 3.8) is 0 Å². The lowest BCUT2D eigenvalue weighted by molar-refractivity contribution is 0.400. The van der Waals surface area contributed by atoms with Crippen molar-refractivity contribution in [2.24, 2.45) is 0 Å². The summed E-state index contributed by atoms with van der Waals surface area (Å²) in [4.78, 5) is 7.02. The topological polar surface area (TPSA) is 54.7 Å². The van der Waals surface area contributed by atoms with Crippen LogP contribution in [0.3, 0.4) is 0 Å². The Morgan fingerprint density at radius 3 is 2.83 bits per heavy atom. The summed E-state index contributed by atoms with van der Waals surface area (Å²) in [7, 11) is 0. The molecule has 0 bridgehead atoms. The fourth-order valence-electron chi connectivity index (χ4n) is 1.91. The lowest BCUT2D eigenvalue weighted by Crippen LogP contribution is -1.87. The van der Waals surface area contributed by atoms with Gasteiger partial charge in [0.25, 0.3) is 0 Å². The summed E-state index contributed by atoms with van der Waals surface area (Å²) in [6.07, 6.45) is 3.29. The van der Waals surface area contributed by atoms with Crippen LogP contribution >= 0.6 is 0 Å². The molecular weight excluding hydrogens is 233 g/mol. The minimum atomic E-state index is -0.331. The van der Waals surface area contributed by atoms with Gasteiger partial charge in [0, 0.05) is 11.8 Å². The van der Waals surface area contributed by atoms with Crippen LogP contribution in [-0.2, 0) is 0 Å². The van der Waals surface area contributed by atoms with Gasteiger partial charge in [-0.2, -0.15) is 0 Å². The van der Waals surface area contributed by atoms with E-state index >= 15 is 0 Å². The fraction of sp³-hybridized carbons (Fsp3) is 0.0769. The van der Waals surface area contributed by atoms with Gasteiger partial charge in [-0.15, -0.1) is 0 Å². The van der Waals surface area contributed by atoms with Gasteiger partial charge in [0.15, 0.2) is 0 Å². The van der Waals surface area contributed by atoms with Crippen LogP contribution in [0.25, 0.3) is 22.5 Å². The lowest BCUT2D eigenvalue weighted by atomic mass is 10.0. The third-order valence-corrected chi connectivity index (χ3v) is 2.75. The first kappa shape index (κ1) is 10.7. The molecule has 0 fully saturated rings. The van der Waals surface area contributed by atoms with Crippen LogP contribution in [-0.4, -0.2) is 15.1 Å². The average molecular weight is 243 g/mol. The van der Waals surface area contributed by atoms with Gasteiger partial charge in [-0.25, -0.2) is 9.37 Å². The average Bonchev–Trinajstić information content (AvgIpc) is 2.98. The number of halogens is 1. The maximum atomic E-state index is 13.8. The molecule has 2 heterocycles. The van der Waals surface area contributed by atoms with E-state index in [1.165, 1.54) is 6.07 Å². The summed E-state index contributed by atoms with van der Waals surface area (Å²) in [5.41, 5.74) is 2.28. The number of aromatic nitrogens is 3. The molecule has 18 heavy (non-hydrogen) atoms. The standard InChI is InChI=1S/C13H10FN3O/c1-8-12(11-6-15-7-16-11)13(17-18-8)9-4-2-3-5-10(9)14/h2-7H,1H3,(H,15,16). The Bertz CT molecular complexity index is 673. The lowest BCUT2D eigenvalue weighted by Gasteiger charge is -2.00. The van der Waals surface area contributed by atoms with E-state index in [-0.39, 0.29) is 5.82 Å². The first-order valence-electron chi connectivity index (χ1n) is 5.47. The Kier molecular flexibility index (Phi) is 2.44. The van der Waals surface area contributed by atoms with E-state index in [0.717, 1.165) is 0 Å². The van der Waals surface area contributed by atoms with Crippen LogP contribution in [0.1, 0.15) is 5.76 Å². The molecule has 1 aromatic carbocycles. The van der Waals surface area contributed by atoms with Crippen LogP contribution in [0.15, 0.2) is 41.3 Å². The molecule has 0 saturated heterocycles. The monoisotopic (exact) mass is 243 g/mol. The Hall–Kier alpha value is -2.43. The van der Waals surface area contributed by atoms with Gasteiger partial charge in [0.2, 0.25) is 0 Å². The van der Waals surface area contributed by atoms with Crippen LogP contribution in [0.5, 0.6) is 0 Å². The van der Waals surface area contributed by atoms with E-state index in [9.17, 15) is 4.39 Å². The van der Waals surface area contributed by atoms with Crippen molar-refractivity contribution in [1.29, 1.82) is 0 Å². The smallest absolute Gasteiger partial charge is 0.143 e. The molecule has 0 atom stereocenters. The third-order valence-electron chi connectivity index (χ3n) is 2.75. The minimum absolute atomic E-state index is 0.331. The molecule has 0 saturated carbocycles. The zero-order valence-electron chi connectivity index (χ0n) is 9.64. The fourth-order valence-corrected chi connectivity index (χ4v) is 1.91. The molecule has 0 unspecified atom stereocenters. The highest BCUT2D eigenvalue weighted by atomic mass is 19.1. The first-order valence-corrected chi connectivity index (χ1v) is 5.47. The van der Waals surface area contributed by atoms with Crippen molar-refractivity contribution in [3.05, 3.63) is 48.4 Å². The number of nitrogens with zero attached hydrogens (tertiary/aromatic N) is 2. The second kappa shape index (κ2) is 4.10. The van der Waals surface area contributed by atoms with Crippen molar-refractivity contribution in [1.82, 2.24) is 15.1 Å². The Morgan fingerprint density at radius 2 is 2.11 bits per heavy atom. The van der Waals surface area contributed by atoms with E-state index in [4.69, 9.17) is 4.52 Å². The molecule has 5 heteroatoms. The molecule has 0 aliphatic rings. The Morgan fingerprint density at radius 1 is 1.28 bits per heavy atom. The van der Waals surface area contributed by atoms with Gasteiger partial charge in [0.05, 0.1) is 17.6 Å². The van der Waals surface area contributed by atoms with E-state index in [1.54, 1.807) is 37.6 Å². The quantitative estimate of drug-likeness (QED) is 0.752. The molecule has 4 nitrogen and oxygen atoms in total. The highest BCUT2D eigenvalue weighted by Crippen LogP contribution is 2.33. The number of hydrogen-bond acceptors (Lipinski definition) is 3. The Labute approximate surface area is 102 Å². The minimum Gasteiger partial charge on any atom is -0.360 e. The zero-order valence-corrected chi connectivity index (χ0v) is 9.64. The largest absolute Gasteiger partial charge is 0.360 e. The summed E-state index contributed by atoms with van der Waals surface area (Å²) in [5, 5.41) is 3.93. The number of benzene rings is 1. The normalized spacial score (nSPS) is 10.8. The summed E-state index contributed by atoms with van der Waals surface area (Å²) in [5.74, 6) is 0.280. The molecule has 90 valence electrons. The summed E-state index contributed by atoms with van der Waals surface area (Å²) in [6.45, 7) is 1.78. The molecule has 0 amide bonds. The number of nitrogens with one attached hydrogen (secondary N) is 1. The van der Waals surface area contributed by atoms with Crippen molar-refractivity contribution < 1.29 is 8.91 Å². The van der Waals surface area contributed by atoms with Gasteiger partial charge in [0.1, 0.15) is 17.3 Å². The molecule has 1 N–H and O–H groups in total. The second-order valence-corrected chi connectivity index (χ2v) is 3.90. The molecule has 0 radical (unpaired) electrons. The maximum absolute atomic E-state index is 13.8. The molecular formula is C13H10FN3O. The summed E-state index contributed by atoms with van der Waals surface area (Å²) >= 11 is 0. The maximum Gasteiger partial charge on any atom is 0.143 e. The molecule has 0 aliphatic carbocycles. The Balaban J connectivity index is 2.23. The van der Waals surface area contributed by atoms with Gasteiger partial charge in [-0.1, -0.05) is 17.3 Å². The van der Waals surface area contributed by atoms with E-state index < -0.39 is 0 Å². The molecule has 0 aliphatic heterocycles. The van der Waals surface area contributed by atoms with E-state index in [0.29, 0.717) is 28.3 Å². The van der Waals surface area contributed by atoms with Crippen molar-refractivity contribution in [2.45, 2.75) is 6.92 Å².